The molecule has 0 bridgehead atoms. The van der Waals surface area contributed by atoms with Crippen LogP contribution in [0.15, 0.2) is 48.5 Å². The lowest BCUT2D eigenvalue weighted by Crippen LogP contribution is -2.21. The Bertz CT molecular complexity index is 744. The number of benzene rings is 2. The molecule has 0 radical (unpaired) electrons. The van der Waals surface area contributed by atoms with Gasteiger partial charge in [-0.25, -0.2) is 0 Å². The largest absolute Gasteiger partial charge is 0.455 e. The number of esters is 1. The van der Waals surface area contributed by atoms with E-state index in [9.17, 15) is 9.59 Å². The number of rotatable bonds is 6. The second-order valence-electron chi connectivity index (χ2n) is 5.49. The molecular weight excluding hydrogens is 330 g/mol. The van der Waals surface area contributed by atoms with Crippen molar-refractivity contribution >= 4 is 29.2 Å². The maximum atomic E-state index is 12.0. The van der Waals surface area contributed by atoms with Crippen LogP contribution in [0.2, 0.25) is 5.02 Å². The van der Waals surface area contributed by atoms with Gasteiger partial charge in [0.2, 0.25) is 0 Å². The van der Waals surface area contributed by atoms with Crippen LogP contribution in [-0.2, 0) is 14.3 Å². The summed E-state index contributed by atoms with van der Waals surface area (Å²) >= 11 is 5.99. The third-order valence-corrected chi connectivity index (χ3v) is 3.68. The molecule has 2 aromatic carbocycles. The van der Waals surface area contributed by atoms with E-state index in [4.69, 9.17) is 21.1 Å². The number of hydrogen-bond donors (Lipinski definition) is 1. The number of anilines is 1. The summed E-state index contributed by atoms with van der Waals surface area (Å²) in [6.45, 7) is -0.327. The molecule has 124 valence electrons. The first-order valence-corrected chi connectivity index (χ1v) is 7.98. The minimum Gasteiger partial charge on any atom is -0.455 e. The van der Waals surface area contributed by atoms with Gasteiger partial charge in [-0.2, -0.15) is 0 Å². The van der Waals surface area contributed by atoms with Crippen molar-refractivity contribution < 1.29 is 19.1 Å². The molecule has 0 saturated heterocycles. The van der Waals surface area contributed by atoms with E-state index < -0.39 is 5.91 Å². The summed E-state index contributed by atoms with van der Waals surface area (Å²) in [6, 6.07) is 14.1. The SMILES string of the molecule is O=C(COC(=O)C1CC1)Nc1cc(Cl)ccc1Oc1ccccc1. The highest BCUT2D eigenvalue weighted by Crippen LogP contribution is 2.32. The highest BCUT2D eigenvalue weighted by atomic mass is 35.5. The van der Waals surface area contributed by atoms with Crippen molar-refractivity contribution in [3.05, 3.63) is 53.6 Å². The molecule has 1 aliphatic rings. The molecule has 1 fully saturated rings. The number of carbonyl (C=O) groups excluding carboxylic acids is 2. The minimum absolute atomic E-state index is 0.0408. The molecule has 2 aromatic rings. The average Bonchev–Trinajstić information content (AvgIpc) is 3.41. The van der Waals surface area contributed by atoms with Gasteiger partial charge in [0, 0.05) is 5.02 Å². The molecule has 24 heavy (non-hydrogen) atoms. The van der Waals surface area contributed by atoms with Gasteiger partial charge in [-0.15, -0.1) is 0 Å². The highest BCUT2D eigenvalue weighted by Gasteiger charge is 2.31. The van der Waals surface area contributed by atoms with Gasteiger partial charge in [0.25, 0.3) is 5.91 Å². The number of para-hydroxylation sites is 1. The summed E-state index contributed by atoms with van der Waals surface area (Å²) in [5, 5.41) is 3.12. The Morgan fingerprint density at radius 2 is 1.88 bits per heavy atom. The summed E-state index contributed by atoms with van der Waals surface area (Å²) < 4.78 is 10.7. The highest BCUT2D eigenvalue weighted by molar-refractivity contribution is 6.31. The second-order valence-corrected chi connectivity index (χ2v) is 5.92. The van der Waals surface area contributed by atoms with Gasteiger partial charge in [0.1, 0.15) is 5.75 Å². The third-order valence-electron chi connectivity index (χ3n) is 3.44. The zero-order valence-corrected chi connectivity index (χ0v) is 13.6. The molecule has 5 nitrogen and oxygen atoms in total. The number of nitrogens with one attached hydrogen (secondary N) is 1. The predicted octanol–water partition coefficient (Wildman–Crippen LogP) is 4.02. The molecule has 0 unspecified atom stereocenters. The normalized spacial score (nSPS) is 13.2. The van der Waals surface area contributed by atoms with Crippen molar-refractivity contribution in [2.24, 2.45) is 5.92 Å². The van der Waals surface area contributed by atoms with E-state index in [1.807, 2.05) is 18.2 Å². The molecule has 3 rings (SSSR count). The minimum atomic E-state index is -0.441. The van der Waals surface area contributed by atoms with Crippen LogP contribution >= 0.6 is 11.6 Å². The number of ether oxygens (including phenoxy) is 2. The van der Waals surface area contributed by atoms with Gasteiger partial charge in [-0.3, -0.25) is 9.59 Å². The molecular formula is C18H16ClNO4. The van der Waals surface area contributed by atoms with Crippen molar-refractivity contribution in [1.82, 2.24) is 0 Å². The zero-order chi connectivity index (χ0) is 16.9. The Kier molecular flexibility index (Phi) is 5.01. The summed E-state index contributed by atoms with van der Waals surface area (Å²) in [7, 11) is 0. The van der Waals surface area contributed by atoms with E-state index in [1.54, 1.807) is 30.3 Å². The monoisotopic (exact) mass is 345 g/mol. The fourth-order valence-corrected chi connectivity index (χ4v) is 2.24. The third kappa shape index (κ3) is 4.49. The van der Waals surface area contributed by atoms with Gasteiger partial charge < -0.3 is 14.8 Å². The molecule has 6 heteroatoms. The molecule has 0 atom stereocenters. The number of carbonyl (C=O) groups is 2. The first kappa shape index (κ1) is 16.3. The van der Waals surface area contributed by atoms with Crippen LogP contribution in [-0.4, -0.2) is 18.5 Å². The quantitative estimate of drug-likeness (QED) is 0.803. The lowest BCUT2D eigenvalue weighted by atomic mass is 10.2. The first-order chi connectivity index (χ1) is 11.6. The Morgan fingerprint density at radius 1 is 1.12 bits per heavy atom. The van der Waals surface area contributed by atoms with Crippen LogP contribution in [0.25, 0.3) is 0 Å². The molecule has 0 heterocycles. The van der Waals surface area contributed by atoms with Gasteiger partial charge in [0.05, 0.1) is 11.6 Å². The van der Waals surface area contributed by atoms with E-state index >= 15 is 0 Å². The van der Waals surface area contributed by atoms with Crippen molar-refractivity contribution in [3.8, 4) is 11.5 Å². The van der Waals surface area contributed by atoms with Crippen LogP contribution in [0.5, 0.6) is 11.5 Å². The fourth-order valence-electron chi connectivity index (χ4n) is 2.06. The summed E-state index contributed by atoms with van der Waals surface area (Å²) in [6.07, 6.45) is 1.67. The molecule has 1 saturated carbocycles. The van der Waals surface area contributed by atoms with Crippen LogP contribution < -0.4 is 10.1 Å². The van der Waals surface area contributed by atoms with E-state index in [0.717, 1.165) is 12.8 Å². The maximum Gasteiger partial charge on any atom is 0.309 e. The van der Waals surface area contributed by atoms with E-state index in [0.29, 0.717) is 22.2 Å². The number of hydrogen-bond acceptors (Lipinski definition) is 4. The van der Waals surface area contributed by atoms with E-state index in [1.165, 1.54) is 0 Å². The van der Waals surface area contributed by atoms with Crippen LogP contribution in [0.1, 0.15) is 12.8 Å². The van der Waals surface area contributed by atoms with Crippen molar-refractivity contribution in [2.45, 2.75) is 12.8 Å². The predicted molar refractivity (Wildman–Crippen MR) is 90.3 cm³/mol. The lowest BCUT2D eigenvalue weighted by molar-refractivity contribution is -0.148. The van der Waals surface area contributed by atoms with Crippen molar-refractivity contribution in [2.75, 3.05) is 11.9 Å². The number of halogens is 1. The Hall–Kier alpha value is -2.53. The van der Waals surface area contributed by atoms with Crippen molar-refractivity contribution in [1.29, 1.82) is 0 Å². The lowest BCUT2D eigenvalue weighted by Gasteiger charge is -2.13. The maximum absolute atomic E-state index is 12.0. The van der Waals surface area contributed by atoms with Crippen LogP contribution in [0.4, 0.5) is 5.69 Å². The van der Waals surface area contributed by atoms with Gasteiger partial charge in [-0.05, 0) is 43.2 Å². The van der Waals surface area contributed by atoms with E-state index in [2.05, 4.69) is 5.32 Å². The summed E-state index contributed by atoms with van der Waals surface area (Å²) in [5.41, 5.74) is 0.416. The first-order valence-electron chi connectivity index (χ1n) is 7.61. The Labute approximate surface area is 144 Å². The molecule has 1 aliphatic carbocycles. The second kappa shape index (κ2) is 7.36. The fraction of sp³-hybridized carbons (Fsp3) is 0.222. The standard InChI is InChI=1S/C18H16ClNO4/c19-13-8-9-16(24-14-4-2-1-3-5-14)15(10-13)20-17(21)11-23-18(22)12-6-7-12/h1-5,8-10,12H,6-7,11H2,(H,20,21). The summed E-state index contributed by atoms with van der Waals surface area (Å²) in [4.78, 5) is 23.5. The molecule has 1 N–H and O–H groups in total. The van der Waals surface area contributed by atoms with Crippen LogP contribution in [0, 0.1) is 5.92 Å². The Morgan fingerprint density at radius 3 is 2.58 bits per heavy atom. The molecule has 0 spiro atoms. The zero-order valence-electron chi connectivity index (χ0n) is 12.8. The van der Waals surface area contributed by atoms with Crippen LogP contribution in [0.3, 0.4) is 0 Å². The van der Waals surface area contributed by atoms with Crippen molar-refractivity contribution in [3.63, 3.8) is 0 Å². The smallest absolute Gasteiger partial charge is 0.309 e. The van der Waals surface area contributed by atoms with Gasteiger partial charge in [0.15, 0.2) is 12.4 Å². The number of amides is 1. The van der Waals surface area contributed by atoms with E-state index in [-0.39, 0.29) is 18.5 Å². The van der Waals surface area contributed by atoms with Gasteiger partial charge >= 0.3 is 5.97 Å². The molecule has 0 aliphatic heterocycles. The molecule has 1 amide bonds. The molecule has 0 aromatic heterocycles. The summed E-state index contributed by atoms with van der Waals surface area (Å²) in [5.74, 6) is 0.282. The van der Waals surface area contributed by atoms with Gasteiger partial charge in [-0.1, -0.05) is 29.8 Å². The topological polar surface area (TPSA) is 64.6 Å². The average molecular weight is 346 g/mol. The Balaban J connectivity index is 1.65.